The molecule has 0 saturated carbocycles. The molecule has 1 aromatic rings. The number of aromatic hydroxyl groups is 1. The lowest BCUT2D eigenvalue weighted by atomic mass is 9.97. The second-order valence-electron chi connectivity index (χ2n) is 7.73. The molecule has 0 aliphatic carbocycles. The highest BCUT2D eigenvalue weighted by molar-refractivity contribution is 5.29. The van der Waals surface area contributed by atoms with E-state index in [4.69, 9.17) is 18.9 Å². The van der Waals surface area contributed by atoms with Gasteiger partial charge in [-0.3, -0.25) is 0 Å². The molecule has 3 rings (SSSR count). The standard InChI is InChI=1S/C20H27NO11/c1-8-13(24)15(26)17(28)19(29-8)32-18-16(27)14(25)12(7-22)31-20(18)30-11(6-21)9-2-4-10(23)5-3-9/h2-5,8,11-20,22-28H,7H2,1H3/t8-,11?,12+,13-,14+,15-,16-,17-,18-,19-,20+/m0/s1. The average molecular weight is 457 g/mol. The minimum atomic E-state index is -1.70. The summed E-state index contributed by atoms with van der Waals surface area (Å²) in [6.45, 7) is 0.761. The predicted molar refractivity (Wildman–Crippen MR) is 103 cm³/mol. The molecular formula is C20H27NO11. The molecule has 7 N–H and O–H groups in total. The van der Waals surface area contributed by atoms with E-state index in [2.05, 4.69) is 0 Å². The van der Waals surface area contributed by atoms with Gasteiger partial charge < -0.3 is 54.7 Å². The number of benzene rings is 1. The molecule has 12 nitrogen and oxygen atoms in total. The third kappa shape index (κ3) is 5.03. The van der Waals surface area contributed by atoms with Gasteiger partial charge in [-0.05, 0) is 24.6 Å². The van der Waals surface area contributed by atoms with E-state index in [1.54, 1.807) is 0 Å². The fraction of sp³-hybridized carbons (Fsp3) is 0.650. The summed E-state index contributed by atoms with van der Waals surface area (Å²) in [5, 5.41) is 79.4. The highest BCUT2D eigenvalue weighted by atomic mass is 16.8. The van der Waals surface area contributed by atoms with Crippen LogP contribution >= 0.6 is 0 Å². The largest absolute Gasteiger partial charge is 0.508 e. The van der Waals surface area contributed by atoms with Crippen molar-refractivity contribution >= 4 is 0 Å². The lowest BCUT2D eigenvalue weighted by molar-refractivity contribution is -0.367. The number of aliphatic hydroxyl groups excluding tert-OH is 6. The number of phenols is 1. The monoisotopic (exact) mass is 457 g/mol. The third-order valence-corrected chi connectivity index (χ3v) is 5.51. The summed E-state index contributed by atoms with van der Waals surface area (Å²) >= 11 is 0. The quantitative estimate of drug-likeness (QED) is 0.239. The Hall–Kier alpha value is -1.89. The van der Waals surface area contributed by atoms with Gasteiger partial charge in [0.1, 0.15) is 48.5 Å². The SMILES string of the molecule is C[C@@H]1O[C@@H](O[C@@H]2[C@H](OC(C#N)c3ccc(O)cc3)O[C@H](CO)[C@@H](O)[C@@H]2O)[C@@H](O)[C@@H](O)[C@H]1O. The molecule has 178 valence electrons. The van der Waals surface area contributed by atoms with E-state index >= 15 is 0 Å². The molecule has 12 heteroatoms. The van der Waals surface area contributed by atoms with Gasteiger partial charge in [0, 0.05) is 0 Å². The highest BCUT2D eigenvalue weighted by Crippen LogP contribution is 2.32. The Bertz CT molecular complexity index is 787. The maximum atomic E-state index is 10.6. The number of hydrogen-bond acceptors (Lipinski definition) is 12. The van der Waals surface area contributed by atoms with Crippen molar-refractivity contribution in [2.24, 2.45) is 0 Å². The number of phenolic OH excluding ortho intramolecular Hbond substituents is 1. The van der Waals surface area contributed by atoms with Crippen molar-refractivity contribution < 1.29 is 54.7 Å². The van der Waals surface area contributed by atoms with Gasteiger partial charge in [-0.2, -0.15) is 5.26 Å². The Morgan fingerprint density at radius 2 is 1.59 bits per heavy atom. The van der Waals surface area contributed by atoms with E-state index in [-0.39, 0.29) is 5.75 Å². The Labute approximate surface area is 183 Å². The lowest BCUT2D eigenvalue weighted by Crippen LogP contribution is -2.64. The zero-order chi connectivity index (χ0) is 23.6. The number of nitriles is 1. The summed E-state index contributed by atoms with van der Waals surface area (Å²) < 4.78 is 22.1. The summed E-state index contributed by atoms with van der Waals surface area (Å²) in [5.74, 6) is -0.0299. The van der Waals surface area contributed by atoms with Crippen molar-refractivity contribution in [1.82, 2.24) is 0 Å². The minimum absolute atomic E-state index is 0.0299. The smallest absolute Gasteiger partial charge is 0.189 e. The van der Waals surface area contributed by atoms with Crippen LogP contribution in [0.4, 0.5) is 0 Å². The maximum Gasteiger partial charge on any atom is 0.189 e. The van der Waals surface area contributed by atoms with Crippen molar-refractivity contribution in [2.75, 3.05) is 6.61 Å². The van der Waals surface area contributed by atoms with Gasteiger partial charge in [-0.25, -0.2) is 0 Å². The Morgan fingerprint density at radius 1 is 0.938 bits per heavy atom. The second kappa shape index (κ2) is 10.4. The molecule has 0 spiro atoms. The predicted octanol–water partition coefficient (Wildman–Crippen LogP) is -2.37. The van der Waals surface area contributed by atoms with Crippen LogP contribution in [0.2, 0.25) is 0 Å². The molecule has 1 aromatic carbocycles. The fourth-order valence-electron chi connectivity index (χ4n) is 3.56. The van der Waals surface area contributed by atoms with Crippen LogP contribution in [0, 0.1) is 11.3 Å². The van der Waals surface area contributed by atoms with Crippen LogP contribution in [-0.2, 0) is 18.9 Å². The Kier molecular flexibility index (Phi) is 8.01. The Balaban J connectivity index is 1.83. The highest BCUT2D eigenvalue weighted by Gasteiger charge is 2.50. The molecule has 32 heavy (non-hydrogen) atoms. The molecule has 1 unspecified atom stereocenters. The first-order valence-electron chi connectivity index (χ1n) is 9.99. The first-order valence-corrected chi connectivity index (χ1v) is 9.99. The normalized spacial score (nSPS) is 41.1. The first kappa shape index (κ1) is 24.7. The topological polar surface area (TPSA) is 202 Å². The first-order chi connectivity index (χ1) is 15.2. The number of nitrogens with zero attached hydrogens (tertiary/aromatic N) is 1. The van der Waals surface area contributed by atoms with E-state index in [9.17, 15) is 41.0 Å². The van der Waals surface area contributed by atoms with Gasteiger partial charge in [0.25, 0.3) is 0 Å². The molecular weight excluding hydrogens is 430 g/mol. The van der Waals surface area contributed by atoms with E-state index in [0.717, 1.165) is 0 Å². The lowest BCUT2D eigenvalue weighted by Gasteiger charge is -2.46. The van der Waals surface area contributed by atoms with Gasteiger partial charge >= 0.3 is 0 Å². The number of hydrogen-bond donors (Lipinski definition) is 7. The van der Waals surface area contributed by atoms with Crippen molar-refractivity contribution in [3.05, 3.63) is 29.8 Å². The summed E-state index contributed by atoms with van der Waals surface area (Å²) in [4.78, 5) is 0. The summed E-state index contributed by atoms with van der Waals surface area (Å²) in [7, 11) is 0. The second-order valence-corrected chi connectivity index (χ2v) is 7.73. The van der Waals surface area contributed by atoms with Crippen LogP contribution in [0.5, 0.6) is 5.75 Å². The Morgan fingerprint density at radius 3 is 2.19 bits per heavy atom. The van der Waals surface area contributed by atoms with Crippen molar-refractivity contribution in [3.63, 3.8) is 0 Å². The van der Waals surface area contributed by atoms with Crippen LogP contribution in [0.15, 0.2) is 24.3 Å². The van der Waals surface area contributed by atoms with Crippen LogP contribution in [0.25, 0.3) is 0 Å². The summed E-state index contributed by atoms with van der Waals surface area (Å²) in [5.41, 5.74) is 0.343. The van der Waals surface area contributed by atoms with Crippen LogP contribution in [0.1, 0.15) is 18.6 Å². The molecule has 0 radical (unpaired) electrons. The molecule has 2 heterocycles. The summed E-state index contributed by atoms with van der Waals surface area (Å²) in [6.07, 6.45) is -16.0. The maximum absolute atomic E-state index is 10.6. The molecule has 11 atom stereocenters. The van der Waals surface area contributed by atoms with Crippen molar-refractivity contribution in [2.45, 2.75) is 74.4 Å². The fourth-order valence-corrected chi connectivity index (χ4v) is 3.56. The molecule has 0 bridgehead atoms. The molecule has 2 saturated heterocycles. The van der Waals surface area contributed by atoms with E-state index < -0.39 is 74.1 Å². The van der Waals surface area contributed by atoms with Crippen LogP contribution in [-0.4, -0.2) is 104 Å². The average Bonchev–Trinajstić information content (AvgIpc) is 2.79. The molecule has 2 aliphatic heterocycles. The third-order valence-electron chi connectivity index (χ3n) is 5.51. The number of aliphatic hydroxyl groups is 6. The zero-order valence-electron chi connectivity index (χ0n) is 17.1. The molecule has 0 amide bonds. The van der Waals surface area contributed by atoms with E-state index in [1.165, 1.54) is 31.2 Å². The number of ether oxygens (including phenoxy) is 4. The van der Waals surface area contributed by atoms with E-state index in [0.29, 0.717) is 5.56 Å². The summed E-state index contributed by atoms with van der Waals surface area (Å²) in [6, 6.07) is 7.45. The van der Waals surface area contributed by atoms with Crippen molar-refractivity contribution in [3.8, 4) is 11.8 Å². The number of rotatable bonds is 6. The van der Waals surface area contributed by atoms with E-state index in [1.807, 2.05) is 6.07 Å². The minimum Gasteiger partial charge on any atom is -0.508 e. The van der Waals surface area contributed by atoms with Gasteiger partial charge in [0.2, 0.25) is 0 Å². The van der Waals surface area contributed by atoms with Gasteiger partial charge in [0.05, 0.1) is 18.8 Å². The van der Waals surface area contributed by atoms with Gasteiger partial charge in [-0.15, -0.1) is 0 Å². The van der Waals surface area contributed by atoms with Crippen LogP contribution < -0.4 is 0 Å². The molecule has 2 fully saturated rings. The van der Waals surface area contributed by atoms with Gasteiger partial charge in [0.15, 0.2) is 18.7 Å². The molecule has 0 aromatic heterocycles. The zero-order valence-corrected chi connectivity index (χ0v) is 17.1. The van der Waals surface area contributed by atoms with Crippen molar-refractivity contribution in [1.29, 1.82) is 5.26 Å². The van der Waals surface area contributed by atoms with Crippen LogP contribution in [0.3, 0.4) is 0 Å². The van der Waals surface area contributed by atoms with Gasteiger partial charge in [-0.1, -0.05) is 12.1 Å². The molecule has 2 aliphatic rings.